The summed E-state index contributed by atoms with van der Waals surface area (Å²) in [5.74, 6) is -1.90. The minimum absolute atomic E-state index is 0.0260. The van der Waals surface area contributed by atoms with Crippen LogP contribution in [0.3, 0.4) is 0 Å². The molecule has 0 saturated carbocycles. The molecule has 8 nitrogen and oxygen atoms in total. The summed E-state index contributed by atoms with van der Waals surface area (Å²) < 4.78 is 1.76. The lowest BCUT2D eigenvalue weighted by atomic mass is 10.1. The van der Waals surface area contributed by atoms with E-state index in [2.05, 4.69) is 15.2 Å². The topological polar surface area (TPSA) is 118 Å². The number of Topliss-reactive ketones (excluding diaryl/α,β-unsaturated/α-hetero) is 2. The summed E-state index contributed by atoms with van der Waals surface area (Å²) >= 11 is 0. The molecule has 0 atom stereocenters. The van der Waals surface area contributed by atoms with Gasteiger partial charge in [-0.15, -0.1) is 0 Å². The van der Waals surface area contributed by atoms with Crippen molar-refractivity contribution in [3.63, 3.8) is 0 Å². The predicted molar refractivity (Wildman–Crippen MR) is 96.3 cm³/mol. The summed E-state index contributed by atoms with van der Waals surface area (Å²) in [6, 6.07) is 11.1. The van der Waals surface area contributed by atoms with Crippen LogP contribution in [0.15, 0.2) is 55.0 Å². The first-order valence-corrected chi connectivity index (χ1v) is 8.10. The Kier molecular flexibility index (Phi) is 5.36. The van der Waals surface area contributed by atoms with E-state index in [1.165, 1.54) is 12.4 Å². The first-order valence-electron chi connectivity index (χ1n) is 8.10. The third-order valence-corrected chi connectivity index (χ3v) is 3.84. The fourth-order valence-corrected chi connectivity index (χ4v) is 2.56. The molecular weight excluding hydrogens is 348 g/mol. The number of aromatic nitrogens is 4. The Balaban J connectivity index is 1.84. The summed E-state index contributed by atoms with van der Waals surface area (Å²) in [4.78, 5) is 39.1. The standard InChI is InChI=1S/C19H16N4O4/c24-16(9-17(25)19-20-12-21-22-19)14-8-15(6-7-18(26)27)23(11-14)10-13-4-2-1-3-5-13/h1-8,11-12H,9-10H2,(H,26,27)(H,20,21,22). The number of benzene rings is 1. The van der Waals surface area contributed by atoms with Gasteiger partial charge in [0.25, 0.3) is 0 Å². The van der Waals surface area contributed by atoms with Gasteiger partial charge >= 0.3 is 5.97 Å². The molecule has 0 fully saturated rings. The van der Waals surface area contributed by atoms with E-state index in [-0.39, 0.29) is 18.0 Å². The zero-order chi connectivity index (χ0) is 19.2. The molecule has 0 amide bonds. The minimum Gasteiger partial charge on any atom is -0.478 e. The molecule has 1 aromatic carbocycles. The SMILES string of the molecule is O=C(O)C=Cc1cc(C(=O)CC(=O)c2ncn[nH]2)cn1Cc1ccccc1. The van der Waals surface area contributed by atoms with Crippen molar-refractivity contribution in [1.82, 2.24) is 19.7 Å². The second-order valence-electron chi connectivity index (χ2n) is 5.80. The maximum Gasteiger partial charge on any atom is 0.328 e. The molecule has 0 aliphatic carbocycles. The number of nitrogens with one attached hydrogen (secondary N) is 1. The monoisotopic (exact) mass is 364 g/mol. The Labute approximate surface area is 154 Å². The number of H-pyrrole nitrogens is 1. The van der Waals surface area contributed by atoms with E-state index in [1.807, 2.05) is 30.3 Å². The summed E-state index contributed by atoms with van der Waals surface area (Å²) in [5.41, 5.74) is 1.87. The Morgan fingerprint density at radius 1 is 1.15 bits per heavy atom. The Bertz CT molecular complexity index is 988. The second-order valence-corrected chi connectivity index (χ2v) is 5.80. The van der Waals surface area contributed by atoms with Crippen LogP contribution in [0.2, 0.25) is 0 Å². The number of nitrogens with zero attached hydrogens (tertiary/aromatic N) is 3. The van der Waals surface area contributed by atoms with Gasteiger partial charge in [0.2, 0.25) is 5.78 Å². The highest BCUT2D eigenvalue weighted by molar-refractivity contribution is 6.12. The number of aliphatic carboxylic acids is 1. The van der Waals surface area contributed by atoms with Crippen molar-refractivity contribution in [2.75, 3.05) is 0 Å². The van der Waals surface area contributed by atoms with E-state index in [0.29, 0.717) is 17.8 Å². The van der Waals surface area contributed by atoms with E-state index in [4.69, 9.17) is 5.11 Å². The van der Waals surface area contributed by atoms with Crippen LogP contribution >= 0.6 is 0 Å². The number of rotatable bonds is 8. The Morgan fingerprint density at radius 3 is 2.59 bits per heavy atom. The smallest absolute Gasteiger partial charge is 0.328 e. The third kappa shape index (κ3) is 4.63. The second kappa shape index (κ2) is 8.05. The molecular formula is C19H16N4O4. The number of hydrogen-bond donors (Lipinski definition) is 2. The molecule has 0 spiro atoms. The average Bonchev–Trinajstić information content (AvgIpc) is 3.31. The first kappa shape index (κ1) is 18.0. The summed E-state index contributed by atoms with van der Waals surface area (Å²) in [5, 5.41) is 14.9. The molecule has 2 heterocycles. The van der Waals surface area contributed by atoms with E-state index in [0.717, 1.165) is 11.6 Å². The van der Waals surface area contributed by atoms with Crippen LogP contribution in [0.4, 0.5) is 0 Å². The van der Waals surface area contributed by atoms with Gasteiger partial charge in [0, 0.05) is 30.1 Å². The van der Waals surface area contributed by atoms with E-state index >= 15 is 0 Å². The van der Waals surface area contributed by atoms with Gasteiger partial charge < -0.3 is 9.67 Å². The highest BCUT2D eigenvalue weighted by atomic mass is 16.4. The number of carboxylic acid groups (broad SMARTS) is 1. The van der Waals surface area contributed by atoms with Crippen LogP contribution in [0.5, 0.6) is 0 Å². The lowest BCUT2D eigenvalue weighted by molar-refractivity contribution is -0.131. The zero-order valence-electron chi connectivity index (χ0n) is 14.2. The molecule has 2 aromatic heterocycles. The molecule has 3 aromatic rings. The maximum absolute atomic E-state index is 12.5. The number of carbonyl (C=O) groups excluding carboxylic acids is 2. The van der Waals surface area contributed by atoms with Gasteiger partial charge in [-0.3, -0.25) is 14.7 Å². The van der Waals surface area contributed by atoms with Gasteiger partial charge in [0.15, 0.2) is 11.6 Å². The Morgan fingerprint density at radius 2 is 1.93 bits per heavy atom. The van der Waals surface area contributed by atoms with Crippen LogP contribution in [0, 0.1) is 0 Å². The Hall–Kier alpha value is -3.81. The molecule has 0 aliphatic rings. The molecule has 0 saturated heterocycles. The molecule has 0 unspecified atom stereocenters. The van der Waals surface area contributed by atoms with Gasteiger partial charge in [0.1, 0.15) is 6.33 Å². The molecule has 8 heteroatoms. The average molecular weight is 364 g/mol. The van der Waals surface area contributed by atoms with Crippen molar-refractivity contribution in [2.45, 2.75) is 13.0 Å². The molecule has 0 aliphatic heterocycles. The van der Waals surface area contributed by atoms with Crippen molar-refractivity contribution >= 4 is 23.6 Å². The van der Waals surface area contributed by atoms with Gasteiger partial charge in [-0.05, 0) is 17.7 Å². The molecule has 0 radical (unpaired) electrons. The number of carboxylic acids is 1. The lowest BCUT2D eigenvalue weighted by Crippen LogP contribution is -2.09. The van der Waals surface area contributed by atoms with E-state index < -0.39 is 11.8 Å². The highest BCUT2D eigenvalue weighted by Crippen LogP contribution is 2.16. The van der Waals surface area contributed by atoms with Crippen molar-refractivity contribution in [1.29, 1.82) is 0 Å². The van der Waals surface area contributed by atoms with E-state index in [1.54, 1.807) is 16.8 Å². The van der Waals surface area contributed by atoms with Crippen LogP contribution in [-0.4, -0.2) is 42.4 Å². The van der Waals surface area contributed by atoms with Crippen molar-refractivity contribution in [3.8, 4) is 0 Å². The van der Waals surface area contributed by atoms with Crippen LogP contribution in [0.1, 0.15) is 38.7 Å². The van der Waals surface area contributed by atoms with Gasteiger partial charge in [-0.25, -0.2) is 9.78 Å². The van der Waals surface area contributed by atoms with Crippen LogP contribution in [-0.2, 0) is 11.3 Å². The number of ketones is 2. The van der Waals surface area contributed by atoms with Crippen LogP contribution in [0.25, 0.3) is 6.08 Å². The van der Waals surface area contributed by atoms with Gasteiger partial charge in [0.05, 0.1) is 6.42 Å². The highest BCUT2D eigenvalue weighted by Gasteiger charge is 2.18. The maximum atomic E-state index is 12.5. The van der Waals surface area contributed by atoms with Gasteiger partial charge in [-0.1, -0.05) is 30.3 Å². The van der Waals surface area contributed by atoms with Crippen molar-refractivity contribution < 1.29 is 19.5 Å². The molecule has 27 heavy (non-hydrogen) atoms. The number of carbonyl (C=O) groups is 3. The quantitative estimate of drug-likeness (QED) is 0.359. The fraction of sp³-hybridized carbons (Fsp3) is 0.105. The van der Waals surface area contributed by atoms with Gasteiger partial charge in [-0.2, -0.15) is 5.10 Å². The zero-order valence-corrected chi connectivity index (χ0v) is 14.2. The van der Waals surface area contributed by atoms with Crippen molar-refractivity contribution in [2.24, 2.45) is 0 Å². The first-order chi connectivity index (χ1) is 13.0. The minimum atomic E-state index is -1.09. The summed E-state index contributed by atoms with van der Waals surface area (Å²) in [6.07, 6.45) is 4.88. The lowest BCUT2D eigenvalue weighted by Gasteiger charge is -2.06. The molecule has 2 N–H and O–H groups in total. The number of aromatic amines is 1. The molecule has 3 rings (SSSR count). The third-order valence-electron chi connectivity index (χ3n) is 3.84. The fourth-order valence-electron chi connectivity index (χ4n) is 2.56. The molecule has 0 bridgehead atoms. The molecule has 136 valence electrons. The number of hydrogen-bond acceptors (Lipinski definition) is 5. The van der Waals surface area contributed by atoms with Crippen LogP contribution < -0.4 is 0 Å². The summed E-state index contributed by atoms with van der Waals surface area (Å²) in [6.45, 7) is 0.462. The van der Waals surface area contributed by atoms with E-state index in [9.17, 15) is 14.4 Å². The predicted octanol–water partition coefficient (Wildman–Crippen LogP) is 2.21. The normalized spacial score (nSPS) is 11.0. The largest absolute Gasteiger partial charge is 0.478 e. The summed E-state index contributed by atoms with van der Waals surface area (Å²) in [7, 11) is 0. The van der Waals surface area contributed by atoms with Crippen molar-refractivity contribution in [3.05, 3.63) is 77.6 Å².